The maximum absolute atomic E-state index is 4.14. The Morgan fingerprint density at radius 2 is 1.50 bits per heavy atom. The fourth-order valence-electron chi connectivity index (χ4n) is 1.53. The van der Waals surface area contributed by atoms with Crippen molar-refractivity contribution >= 4 is 27.2 Å². The summed E-state index contributed by atoms with van der Waals surface area (Å²) in [5.74, 6) is 0. The number of nitrogens with zero attached hydrogens (tertiary/aromatic N) is 2. The van der Waals surface area contributed by atoms with Crippen LogP contribution in [0, 0.1) is 0 Å². The van der Waals surface area contributed by atoms with Gasteiger partial charge in [-0.2, -0.15) is 0 Å². The van der Waals surface area contributed by atoms with E-state index >= 15 is 0 Å². The van der Waals surface area contributed by atoms with Gasteiger partial charge in [-0.3, -0.25) is 0 Å². The topological polar surface area (TPSA) is 16.1 Å². The fraction of sp³-hybridized carbons (Fsp3) is 0.118. The summed E-state index contributed by atoms with van der Waals surface area (Å²) < 4.78 is 1.26. The highest BCUT2D eigenvalue weighted by atomic mass is 32.1. The lowest BCUT2D eigenvalue weighted by Gasteiger charge is -2.10. The zero-order valence-electron chi connectivity index (χ0n) is 12.0. The Bertz CT molecular complexity index is 572. The van der Waals surface area contributed by atoms with Crippen molar-refractivity contribution in [2.45, 2.75) is 0 Å². The SMILES string of the molecule is C=C.CN(C)c1ccccc1.c1ccc2scnc2c1. The van der Waals surface area contributed by atoms with Crippen LogP contribution in [-0.4, -0.2) is 19.1 Å². The molecule has 0 radical (unpaired) electrons. The first-order valence-electron chi connectivity index (χ1n) is 6.28. The van der Waals surface area contributed by atoms with Crippen LogP contribution in [0.25, 0.3) is 10.2 Å². The predicted octanol–water partition coefficient (Wildman–Crippen LogP) is 4.85. The van der Waals surface area contributed by atoms with E-state index < -0.39 is 0 Å². The van der Waals surface area contributed by atoms with Gasteiger partial charge in [-0.05, 0) is 24.3 Å². The molecule has 0 aliphatic heterocycles. The van der Waals surface area contributed by atoms with Crippen LogP contribution in [0.3, 0.4) is 0 Å². The molecular weight excluding hydrogens is 264 g/mol. The molecule has 104 valence electrons. The smallest absolute Gasteiger partial charge is 0.0812 e. The average molecular weight is 284 g/mol. The third-order valence-electron chi connectivity index (χ3n) is 2.51. The van der Waals surface area contributed by atoms with E-state index in [0.717, 1.165) is 5.52 Å². The van der Waals surface area contributed by atoms with E-state index in [0.29, 0.717) is 0 Å². The molecule has 0 saturated carbocycles. The first-order chi connectivity index (χ1) is 9.77. The van der Waals surface area contributed by atoms with E-state index in [1.54, 1.807) is 11.3 Å². The highest BCUT2D eigenvalue weighted by Gasteiger charge is 1.89. The molecule has 0 saturated heterocycles. The zero-order valence-corrected chi connectivity index (χ0v) is 12.8. The van der Waals surface area contributed by atoms with Crippen LogP contribution in [0.2, 0.25) is 0 Å². The van der Waals surface area contributed by atoms with Gasteiger partial charge in [0, 0.05) is 19.8 Å². The van der Waals surface area contributed by atoms with Crippen molar-refractivity contribution in [3.8, 4) is 0 Å². The number of anilines is 1. The Morgan fingerprint density at radius 3 is 2.05 bits per heavy atom. The van der Waals surface area contributed by atoms with Crippen LogP contribution >= 0.6 is 11.3 Å². The summed E-state index contributed by atoms with van der Waals surface area (Å²) in [4.78, 5) is 6.22. The van der Waals surface area contributed by atoms with Crippen molar-refractivity contribution in [2.24, 2.45) is 0 Å². The van der Waals surface area contributed by atoms with E-state index in [4.69, 9.17) is 0 Å². The second kappa shape index (κ2) is 8.88. The summed E-state index contributed by atoms with van der Waals surface area (Å²) >= 11 is 1.68. The number of fused-ring (bicyclic) bond motifs is 1. The number of hydrogen-bond donors (Lipinski definition) is 0. The quantitative estimate of drug-likeness (QED) is 0.594. The van der Waals surface area contributed by atoms with Gasteiger partial charge in [0.05, 0.1) is 15.7 Å². The van der Waals surface area contributed by atoms with Gasteiger partial charge in [0.15, 0.2) is 0 Å². The van der Waals surface area contributed by atoms with Gasteiger partial charge < -0.3 is 4.90 Å². The van der Waals surface area contributed by atoms with E-state index in [9.17, 15) is 0 Å². The van der Waals surface area contributed by atoms with Crippen molar-refractivity contribution in [1.82, 2.24) is 4.98 Å². The van der Waals surface area contributed by atoms with Crippen molar-refractivity contribution in [3.05, 3.63) is 73.3 Å². The van der Waals surface area contributed by atoms with Crippen LogP contribution in [0.5, 0.6) is 0 Å². The first-order valence-corrected chi connectivity index (χ1v) is 7.16. The molecular formula is C17H20N2S. The van der Waals surface area contributed by atoms with Gasteiger partial charge in [0.25, 0.3) is 0 Å². The summed E-state index contributed by atoms with van der Waals surface area (Å²) in [6, 6.07) is 18.4. The number of aromatic nitrogens is 1. The molecule has 0 unspecified atom stereocenters. The maximum Gasteiger partial charge on any atom is 0.0812 e. The van der Waals surface area contributed by atoms with E-state index in [1.807, 2.05) is 56.0 Å². The molecule has 3 rings (SSSR count). The monoisotopic (exact) mass is 284 g/mol. The number of hydrogen-bond acceptors (Lipinski definition) is 3. The summed E-state index contributed by atoms with van der Waals surface area (Å²) in [6.45, 7) is 6.00. The molecule has 0 aliphatic rings. The van der Waals surface area contributed by atoms with Crippen LogP contribution in [-0.2, 0) is 0 Å². The molecule has 2 aromatic carbocycles. The molecule has 0 N–H and O–H groups in total. The highest BCUT2D eigenvalue weighted by Crippen LogP contribution is 2.15. The average Bonchev–Trinajstić information content (AvgIpc) is 2.99. The Labute approximate surface area is 125 Å². The second-order valence-electron chi connectivity index (χ2n) is 4.05. The largest absolute Gasteiger partial charge is 0.378 e. The predicted molar refractivity (Wildman–Crippen MR) is 91.6 cm³/mol. The Kier molecular flexibility index (Phi) is 7.07. The lowest BCUT2D eigenvalue weighted by molar-refractivity contribution is 1.13. The number of para-hydroxylation sites is 2. The minimum atomic E-state index is 1.10. The van der Waals surface area contributed by atoms with Gasteiger partial charge in [0.1, 0.15) is 0 Å². The molecule has 1 aromatic heterocycles. The second-order valence-corrected chi connectivity index (χ2v) is 4.94. The zero-order chi connectivity index (χ0) is 14.8. The van der Waals surface area contributed by atoms with E-state index in [-0.39, 0.29) is 0 Å². The normalized spacial score (nSPS) is 8.90. The van der Waals surface area contributed by atoms with Gasteiger partial charge in [-0.25, -0.2) is 4.98 Å². The molecule has 0 aliphatic carbocycles. The molecule has 0 bridgehead atoms. The van der Waals surface area contributed by atoms with Crippen molar-refractivity contribution in [2.75, 3.05) is 19.0 Å². The Balaban J connectivity index is 0.000000178. The van der Waals surface area contributed by atoms with Crippen LogP contribution in [0.4, 0.5) is 5.69 Å². The molecule has 20 heavy (non-hydrogen) atoms. The molecule has 3 aromatic rings. The van der Waals surface area contributed by atoms with E-state index in [1.165, 1.54) is 10.4 Å². The molecule has 3 heteroatoms. The molecule has 0 fully saturated rings. The highest BCUT2D eigenvalue weighted by molar-refractivity contribution is 7.16. The molecule has 0 amide bonds. The minimum Gasteiger partial charge on any atom is -0.378 e. The Hall–Kier alpha value is -2.13. The summed E-state index contributed by atoms with van der Waals surface area (Å²) in [6.07, 6.45) is 0. The fourth-order valence-corrected chi connectivity index (χ4v) is 2.21. The van der Waals surface area contributed by atoms with Crippen LogP contribution < -0.4 is 4.90 Å². The first kappa shape index (κ1) is 15.9. The third kappa shape index (κ3) is 4.86. The summed E-state index contributed by atoms with van der Waals surface area (Å²) in [7, 11) is 4.07. The molecule has 0 atom stereocenters. The van der Waals surface area contributed by atoms with E-state index in [2.05, 4.69) is 41.2 Å². The third-order valence-corrected chi connectivity index (χ3v) is 3.32. The lowest BCUT2D eigenvalue weighted by Crippen LogP contribution is -2.07. The summed E-state index contributed by atoms with van der Waals surface area (Å²) in [5.41, 5.74) is 4.21. The summed E-state index contributed by atoms with van der Waals surface area (Å²) in [5, 5.41) is 0. The minimum absolute atomic E-state index is 1.10. The standard InChI is InChI=1S/C8H11N.C7H5NS.C2H4/c1-9(2)8-6-4-3-5-7-8;1-2-4-7-6(3-1)8-5-9-7;1-2/h3-7H,1-2H3;1-5H;1-2H2. The molecule has 0 spiro atoms. The van der Waals surface area contributed by atoms with Crippen molar-refractivity contribution in [3.63, 3.8) is 0 Å². The number of thiazole rings is 1. The van der Waals surface area contributed by atoms with Gasteiger partial charge in [-0.1, -0.05) is 30.3 Å². The lowest BCUT2D eigenvalue weighted by atomic mass is 10.3. The van der Waals surface area contributed by atoms with Crippen molar-refractivity contribution in [1.29, 1.82) is 0 Å². The molecule has 2 nitrogen and oxygen atoms in total. The van der Waals surface area contributed by atoms with Crippen LogP contribution in [0.1, 0.15) is 0 Å². The number of benzene rings is 2. The maximum atomic E-state index is 4.14. The number of rotatable bonds is 1. The van der Waals surface area contributed by atoms with Gasteiger partial charge >= 0.3 is 0 Å². The van der Waals surface area contributed by atoms with Crippen LogP contribution in [0.15, 0.2) is 73.3 Å². The van der Waals surface area contributed by atoms with Crippen molar-refractivity contribution < 1.29 is 0 Å². The van der Waals surface area contributed by atoms with Gasteiger partial charge in [-0.15, -0.1) is 24.5 Å². The van der Waals surface area contributed by atoms with Gasteiger partial charge in [0.2, 0.25) is 0 Å². The Morgan fingerprint density at radius 1 is 0.900 bits per heavy atom. The molecule has 1 heterocycles.